The Balaban J connectivity index is 2.38. The third-order valence-electron chi connectivity index (χ3n) is 2.56. The highest BCUT2D eigenvalue weighted by atomic mass is 35.5. The Kier molecular flexibility index (Phi) is 3.68. The van der Waals surface area contributed by atoms with E-state index >= 15 is 0 Å². The van der Waals surface area contributed by atoms with Crippen molar-refractivity contribution in [3.8, 4) is 5.75 Å². The zero-order valence-corrected chi connectivity index (χ0v) is 11.4. The maximum atomic E-state index is 12.2. The highest BCUT2D eigenvalue weighted by molar-refractivity contribution is 7.90. The summed E-state index contributed by atoms with van der Waals surface area (Å²) in [6, 6.07) is 10.4. The molecule has 2 aromatic rings. The van der Waals surface area contributed by atoms with Gasteiger partial charge < -0.3 is 10.8 Å². The summed E-state index contributed by atoms with van der Waals surface area (Å²) < 4.78 is 24.5. The molecule has 0 fully saturated rings. The molecule has 2 rings (SSSR count). The van der Waals surface area contributed by atoms with Crippen LogP contribution in [0.4, 0.5) is 5.69 Å². The first-order valence-corrected chi connectivity index (χ1v) is 7.47. The van der Waals surface area contributed by atoms with Crippen LogP contribution in [0.5, 0.6) is 5.75 Å². The predicted octanol–water partition coefficient (Wildman–Crippen LogP) is 2.60. The van der Waals surface area contributed by atoms with Crippen molar-refractivity contribution < 1.29 is 13.5 Å². The van der Waals surface area contributed by atoms with Gasteiger partial charge in [0.25, 0.3) is 0 Å². The second-order valence-corrected chi connectivity index (χ2v) is 6.48. The van der Waals surface area contributed by atoms with Crippen LogP contribution in [0.15, 0.2) is 47.4 Å². The Hall–Kier alpha value is -1.72. The zero-order valence-electron chi connectivity index (χ0n) is 9.88. The van der Waals surface area contributed by atoms with Crippen LogP contribution in [0.1, 0.15) is 5.56 Å². The molecule has 0 unspecified atom stereocenters. The minimum absolute atomic E-state index is 0.0242. The average Bonchev–Trinajstić information content (AvgIpc) is 2.27. The number of benzene rings is 2. The molecule has 3 N–H and O–H groups in total. The van der Waals surface area contributed by atoms with E-state index in [0.717, 1.165) is 0 Å². The van der Waals surface area contributed by atoms with Crippen molar-refractivity contribution in [2.45, 2.75) is 10.6 Å². The second-order valence-electron chi connectivity index (χ2n) is 4.12. The monoisotopic (exact) mass is 297 g/mol. The van der Waals surface area contributed by atoms with Gasteiger partial charge in [0.1, 0.15) is 5.75 Å². The summed E-state index contributed by atoms with van der Waals surface area (Å²) in [7, 11) is -3.58. The highest BCUT2D eigenvalue weighted by Crippen LogP contribution is 2.27. The summed E-state index contributed by atoms with van der Waals surface area (Å²) in [5.74, 6) is -0.207. The van der Waals surface area contributed by atoms with E-state index < -0.39 is 9.84 Å². The molecule has 0 heterocycles. The smallest absolute Gasteiger partial charge is 0.183 e. The number of nitrogens with two attached hydrogens (primary N) is 1. The molecule has 0 saturated carbocycles. The number of hydrogen-bond acceptors (Lipinski definition) is 4. The van der Waals surface area contributed by atoms with E-state index in [9.17, 15) is 13.5 Å². The lowest BCUT2D eigenvalue weighted by Gasteiger charge is -2.07. The number of phenolic OH excluding ortho intramolecular Hbond substituents is 1. The van der Waals surface area contributed by atoms with E-state index in [-0.39, 0.29) is 21.4 Å². The largest absolute Gasteiger partial charge is 0.508 e. The van der Waals surface area contributed by atoms with E-state index in [0.29, 0.717) is 11.3 Å². The number of rotatable bonds is 3. The molecule has 0 aliphatic rings. The fourth-order valence-electron chi connectivity index (χ4n) is 1.71. The van der Waals surface area contributed by atoms with Crippen molar-refractivity contribution in [1.82, 2.24) is 0 Å². The predicted molar refractivity (Wildman–Crippen MR) is 74.9 cm³/mol. The molecule has 0 aliphatic heterocycles. The quantitative estimate of drug-likeness (QED) is 0.853. The van der Waals surface area contributed by atoms with Crippen molar-refractivity contribution >= 4 is 27.1 Å². The molecule has 6 heteroatoms. The van der Waals surface area contributed by atoms with Gasteiger partial charge in [0.15, 0.2) is 9.84 Å². The fraction of sp³-hybridized carbons (Fsp3) is 0.0769. The van der Waals surface area contributed by atoms with Crippen molar-refractivity contribution in [2.75, 3.05) is 5.73 Å². The first-order chi connectivity index (χ1) is 8.88. The number of sulfone groups is 1. The minimum Gasteiger partial charge on any atom is -0.508 e. The molecule has 4 nitrogen and oxygen atoms in total. The van der Waals surface area contributed by atoms with E-state index in [1.165, 1.54) is 30.3 Å². The average molecular weight is 298 g/mol. The number of aromatic hydroxyl groups is 1. The summed E-state index contributed by atoms with van der Waals surface area (Å²) in [6.07, 6.45) is 0. The summed E-state index contributed by atoms with van der Waals surface area (Å²) >= 11 is 5.90. The fourth-order valence-corrected chi connectivity index (χ4v) is 3.66. The van der Waals surface area contributed by atoms with Crippen molar-refractivity contribution in [3.05, 3.63) is 53.1 Å². The Bertz CT molecular complexity index is 714. The number of hydrogen-bond donors (Lipinski definition) is 2. The van der Waals surface area contributed by atoms with Gasteiger partial charge in [0.05, 0.1) is 15.7 Å². The number of phenols is 1. The van der Waals surface area contributed by atoms with Gasteiger partial charge in [-0.05, 0) is 35.9 Å². The molecule has 0 amide bonds. The van der Waals surface area contributed by atoms with Gasteiger partial charge in [-0.3, -0.25) is 0 Å². The lowest BCUT2D eigenvalue weighted by Crippen LogP contribution is -2.06. The van der Waals surface area contributed by atoms with E-state index in [1.807, 2.05) is 0 Å². The normalized spacial score (nSPS) is 11.4. The van der Waals surface area contributed by atoms with Crippen LogP contribution in [0.3, 0.4) is 0 Å². The van der Waals surface area contributed by atoms with Crippen molar-refractivity contribution in [3.63, 3.8) is 0 Å². The van der Waals surface area contributed by atoms with Gasteiger partial charge >= 0.3 is 0 Å². The van der Waals surface area contributed by atoms with E-state index in [1.54, 1.807) is 12.1 Å². The van der Waals surface area contributed by atoms with Crippen molar-refractivity contribution in [2.24, 2.45) is 0 Å². The van der Waals surface area contributed by atoms with Crippen LogP contribution >= 0.6 is 11.6 Å². The first-order valence-electron chi connectivity index (χ1n) is 5.44. The van der Waals surface area contributed by atoms with Crippen LogP contribution in [0, 0.1) is 0 Å². The van der Waals surface area contributed by atoms with Crippen LogP contribution in [-0.2, 0) is 15.6 Å². The maximum absolute atomic E-state index is 12.2. The Morgan fingerprint density at radius 2 is 1.89 bits per heavy atom. The summed E-state index contributed by atoms with van der Waals surface area (Å²) in [5, 5.41) is 9.43. The molecular weight excluding hydrogens is 286 g/mol. The van der Waals surface area contributed by atoms with Gasteiger partial charge in [-0.2, -0.15) is 0 Å². The molecule has 0 saturated heterocycles. The van der Waals surface area contributed by atoms with E-state index in [4.69, 9.17) is 17.3 Å². The molecule has 0 aromatic heterocycles. The molecule has 0 atom stereocenters. The van der Waals surface area contributed by atoms with Gasteiger partial charge in [-0.25, -0.2) is 8.42 Å². The highest BCUT2D eigenvalue weighted by Gasteiger charge is 2.19. The standard InChI is InChI=1S/C13H12ClNO3S/c14-12-7-10(15)4-5-13(12)19(17,18)8-9-2-1-3-11(16)6-9/h1-7,16H,8,15H2. The van der Waals surface area contributed by atoms with Gasteiger partial charge in [-0.15, -0.1) is 0 Å². The van der Waals surface area contributed by atoms with Crippen LogP contribution in [-0.4, -0.2) is 13.5 Å². The zero-order chi connectivity index (χ0) is 14.0. The Labute approximate surface area is 116 Å². The molecule has 0 spiro atoms. The SMILES string of the molecule is Nc1ccc(S(=O)(=O)Cc2cccc(O)c2)c(Cl)c1. The molecule has 100 valence electrons. The third-order valence-corrected chi connectivity index (χ3v) is 4.72. The molecule has 0 aliphatic carbocycles. The number of anilines is 1. The second kappa shape index (κ2) is 5.11. The van der Waals surface area contributed by atoms with E-state index in [2.05, 4.69) is 0 Å². The van der Waals surface area contributed by atoms with Gasteiger partial charge in [0, 0.05) is 5.69 Å². The Morgan fingerprint density at radius 3 is 2.53 bits per heavy atom. The maximum Gasteiger partial charge on any atom is 0.183 e. The summed E-state index contributed by atoms with van der Waals surface area (Å²) in [6.45, 7) is 0. The third kappa shape index (κ3) is 3.19. The molecule has 19 heavy (non-hydrogen) atoms. The molecule has 0 radical (unpaired) electrons. The number of nitrogen functional groups attached to an aromatic ring is 1. The lowest BCUT2D eigenvalue weighted by atomic mass is 10.2. The van der Waals surface area contributed by atoms with Gasteiger partial charge in [0.2, 0.25) is 0 Å². The molecule has 2 aromatic carbocycles. The first kappa shape index (κ1) is 13.7. The van der Waals surface area contributed by atoms with Crippen LogP contribution < -0.4 is 5.73 Å². The minimum atomic E-state index is -3.58. The van der Waals surface area contributed by atoms with Crippen LogP contribution in [0.25, 0.3) is 0 Å². The van der Waals surface area contributed by atoms with Crippen LogP contribution in [0.2, 0.25) is 5.02 Å². The topological polar surface area (TPSA) is 80.4 Å². The molecular formula is C13H12ClNO3S. The van der Waals surface area contributed by atoms with Gasteiger partial charge in [-0.1, -0.05) is 23.7 Å². The molecule has 0 bridgehead atoms. The summed E-state index contributed by atoms with van der Waals surface area (Å²) in [5.41, 5.74) is 6.43. The lowest BCUT2D eigenvalue weighted by molar-refractivity contribution is 0.475. The number of halogens is 1. The Morgan fingerprint density at radius 1 is 1.16 bits per heavy atom. The summed E-state index contributed by atoms with van der Waals surface area (Å²) in [4.78, 5) is 0.0340. The van der Waals surface area contributed by atoms with Crippen molar-refractivity contribution in [1.29, 1.82) is 0 Å².